The Morgan fingerprint density at radius 1 is 1.10 bits per heavy atom. The molecule has 2 heterocycles. The average molecular weight is 432 g/mol. The van der Waals surface area contributed by atoms with Crippen molar-refractivity contribution in [1.29, 1.82) is 0 Å². The molecule has 1 unspecified atom stereocenters. The lowest BCUT2D eigenvalue weighted by Crippen LogP contribution is -2.40. The summed E-state index contributed by atoms with van der Waals surface area (Å²) in [6, 6.07) is 5.00. The van der Waals surface area contributed by atoms with Crippen LogP contribution in [0.4, 0.5) is 19.1 Å². The maximum absolute atomic E-state index is 12.9. The molecule has 4 rings (SSSR count). The van der Waals surface area contributed by atoms with Crippen LogP contribution in [-0.2, 0) is 11.0 Å². The minimum Gasteiger partial charge on any atom is -0.368 e. The molecule has 1 atom stereocenters. The molecule has 1 aromatic heterocycles. The van der Waals surface area contributed by atoms with E-state index in [1.807, 2.05) is 4.90 Å². The summed E-state index contributed by atoms with van der Waals surface area (Å²) in [4.78, 5) is 23.3. The lowest BCUT2D eigenvalue weighted by Gasteiger charge is -2.34. The standard InChI is InChI=1S/C23H27F3N4O/c24-23(25,26)18-9-7-16(8-10-18)19-13-28-22(27)29-21(19)17-6-3-11-30(14-17)20(31)12-15-4-1-2-5-15/h7-10,13,15,17H,1-6,11-12,14H2,(H2,27,28,29). The Morgan fingerprint density at radius 2 is 1.81 bits per heavy atom. The molecule has 2 fully saturated rings. The number of piperidine rings is 1. The summed E-state index contributed by atoms with van der Waals surface area (Å²) in [7, 11) is 0. The number of hydrogen-bond acceptors (Lipinski definition) is 4. The number of alkyl halides is 3. The first-order valence-corrected chi connectivity index (χ1v) is 10.9. The summed E-state index contributed by atoms with van der Waals surface area (Å²) in [6.45, 7) is 1.29. The minimum atomic E-state index is -4.39. The van der Waals surface area contributed by atoms with Crippen LogP contribution in [0.15, 0.2) is 30.5 Å². The van der Waals surface area contributed by atoms with Crippen LogP contribution in [0.3, 0.4) is 0 Å². The van der Waals surface area contributed by atoms with E-state index in [2.05, 4.69) is 9.97 Å². The number of hydrogen-bond donors (Lipinski definition) is 1. The molecular weight excluding hydrogens is 405 g/mol. The molecular formula is C23H27F3N4O. The lowest BCUT2D eigenvalue weighted by atomic mass is 9.89. The smallest absolute Gasteiger partial charge is 0.368 e. The molecule has 0 spiro atoms. The zero-order valence-electron chi connectivity index (χ0n) is 17.4. The number of carbonyl (C=O) groups excluding carboxylic acids is 1. The average Bonchev–Trinajstić information content (AvgIpc) is 3.26. The van der Waals surface area contributed by atoms with Crippen molar-refractivity contribution < 1.29 is 18.0 Å². The van der Waals surface area contributed by atoms with Crippen LogP contribution < -0.4 is 5.73 Å². The Kier molecular flexibility index (Phi) is 6.16. The second-order valence-electron chi connectivity index (χ2n) is 8.64. The van der Waals surface area contributed by atoms with Gasteiger partial charge >= 0.3 is 6.18 Å². The second kappa shape index (κ2) is 8.85. The van der Waals surface area contributed by atoms with E-state index in [1.165, 1.54) is 25.0 Å². The third-order valence-electron chi connectivity index (χ3n) is 6.46. The van der Waals surface area contributed by atoms with Crippen molar-refractivity contribution in [1.82, 2.24) is 14.9 Å². The fourth-order valence-electron chi connectivity index (χ4n) is 4.80. The van der Waals surface area contributed by atoms with E-state index in [4.69, 9.17) is 5.73 Å². The lowest BCUT2D eigenvalue weighted by molar-refractivity contribution is -0.137. The van der Waals surface area contributed by atoms with Gasteiger partial charge in [-0.15, -0.1) is 0 Å². The highest BCUT2D eigenvalue weighted by molar-refractivity contribution is 5.77. The molecule has 8 heteroatoms. The van der Waals surface area contributed by atoms with Gasteiger partial charge in [-0.2, -0.15) is 13.2 Å². The Hall–Kier alpha value is -2.64. The summed E-state index contributed by atoms with van der Waals surface area (Å²) in [5, 5.41) is 0. The van der Waals surface area contributed by atoms with Crippen molar-refractivity contribution in [3.63, 3.8) is 0 Å². The predicted molar refractivity (Wildman–Crippen MR) is 112 cm³/mol. The van der Waals surface area contributed by atoms with Crippen LogP contribution in [0.2, 0.25) is 0 Å². The molecule has 1 aliphatic heterocycles. The molecule has 1 saturated carbocycles. The molecule has 2 aliphatic rings. The topological polar surface area (TPSA) is 72.1 Å². The highest BCUT2D eigenvalue weighted by Crippen LogP contribution is 2.36. The monoisotopic (exact) mass is 432 g/mol. The molecule has 1 saturated heterocycles. The van der Waals surface area contributed by atoms with Gasteiger partial charge in [0.1, 0.15) is 0 Å². The number of nitrogen functional groups attached to an aromatic ring is 1. The maximum atomic E-state index is 12.9. The quantitative estimate of drug-likeness (QED) is 0.736. The number of amides is 1. The van der Waals surface area contributed by atoms with Gasteiger partial charge in [0.05, 0.1) is 11.3 Å². The SMILES string of the molecule is Nc1ncc(-c2ccc(C(F)(F)F)cc2)c(C2CCCN(C(=O)CC3CCCC3)C2)n1. The Morgan fingerprint density at radius 3 is 2.48 bits per heavy atom. The largest absolute Gasteiger partial charge is 0.416 e. The molecule has 31 heavy (non-hydrogen) atoms. The number of carbonyl (C=O) groups is 1. The van der Waals surface area contributed by atoms with Gasteiger partial charge in [0, 0.05) is 37.2 Å². The summed E-state index contributed by atoms with van der Waals surface area (Å²) in [6.07, 6.45) is 4.16. The van der Waals surface area contributed by atoms with E-state index in [9.17, 15) is 18.0 Å². The van der Waals surface area contributed by atoms with Crippen molar-refractivity contribution in [2.24, 2.45) is 5.92 Å². The van der Waals surface area contributed by atoms with E-state index in [0.29, 0.717) is 35.7 Å². The third kappa shape index (κ3) is 4.99. The van der Waals surface area contributed by atoms with Gasteiger partial charge < -0.3 is 10.6 Å². The first-order chi connectivity index (χ1) is 14.8. The highest BCUT2D eigenvalue weighted by atomic mass is 19.4. The summed E-state index contributed by atoms with van der Waals surface area (Å²) in [5.41, 5.74) is 7.12. The first kappa shape index (κ1) is 21.6. The molecule has 1 aromatic carbocycles. The van der Waals surface area contributed by atoms with Gasteiger partial charge in [-0.05, 0) is 49.3 Å². The molecule has 166 valence electrons. The number of likely N-dealkylation sites (tertiary alicyclic amines) is 1. The Bertz CT molecular complexity index is 923. The zero-order valence-corrected chi connectivity index (χ0v) is 17.4. The van der Waals surface area contributed by atoms with E-state index in [0.717, 1.165) is 44.4 Å². The van der Waals surface area contributed by atoms with E-state index in [-0.39, 0.29) is 17.8 Å². The molecule has 5 nitrogen and oxygen atoms in total. The van der Waals surface area contributed by atoms with E-state index >= 15 is 0 Å². The maximum Gasteiger partial charge on any atom is 0.416 e. The fraction of sp³-hybridized carbons (Fsp3) is 0.522. The Labute approximate surface area is 179 Å². The van der Waals surface area contributed by atoms with Gasteiger partial charge in [0.15, 0.2) is 0 Å². The summed E-state index contributed by atoms with van der Waals surface area (Å²) in [5.74, 6) is 0.781. The van der Waals surface area contributed by atoms with Crippen LogP contribution in [-0.4, -0.2) is 33.9 Å². The van der Waals surface area contributed by atoms with Crippen molar-refractivity contribution >= 4 is 11.9 Å². The van der Waals surface area contributed by atoms with Crippen LogP contribution in [0.1, 0.15) is 62.1 Å². The van der Waals surface area contributed by atoms with Crippen molar-refractivity contribution in [3.8, 4) is 11.1 Å². The number of aromatic nitrogens is 2. The number of nitrogens with two attached hydrogens (primary N) is 1. The molecule has 2 N–H and O–H groups in total. The zero-order chi connectivity index (χ0) is 22.0. The number of nitrogens with zero attached hydrogens (tertiary/aromatic N) is 3. The van der Waals surface area contributed by atoms with Crippen molar-refractivity contribution in [2.75, 3.05) is 18.8 Å². The van der Waals surface area contributed by atoms with E-state index < -0.39 is 11.7 Å². The molecule has 1 aliphatic carbocycles. The third-order valence-corrected chi connectivity index (χ3v) is 6.46. The second-order valence-corrected chi connectivity index (χ2v) is 8.64. The fourth-order valence-corrected chi connectivity index (χ4v) is 4.80. The number of halogens is 3. The molecule has 0 radical (unpaired) electrons. The normalized spacial score (nSPS) is 20.2. The molecule has 0 bridgehead atoms. The van der Waals surface area contributed by atoms with Crippen LogP contribution in [0.25, 0.3) is 11.1 Å². The van der Waals surface area contributed by atoms with Crippen LogP contribution in [0, 0.1) is 5.92 Å². The van der Waals surface area contributed by atoms with Crippen molar-refractivity contribution in [2.45, 2.75) is 57.0 Å². The van der Waals surface area contributed by atoms with Gasteiger partial charge in [-0.1, -0.05) is 25.0 Å². The first-order valence-electron chi connectivity index (χ1n) is 10.9. The van der Waals surface area contributed by atoms with Gasteiger partial charge in [-0.25, -0.2) is 9.97 Å². The number of anilines is 1. The molecule has 1 amide bonds. The number of benzene rings is 1. The van der Waals surface area contributed by atoms with Gasteiger partial charge in [-0.3, -0.25) is 4.79 Å². The van der Waals surface area contributed by atoms with Crippen LogP contribution in [0.5, 0.6) is 0 Å². The highest BCUT2D eigenvalue weighted by Gasteiger charge is 2.31. The molecule has 2 aromatic rings. The van der Waals surface area contributed by atoms with Crippen LogP contribution >= 0.6 is 0 Å². The Balaban J connectivity index is 1.56. The van der Waals surface area contributed by atoms with Gasteiger partial charge in [0.2, 0.25) is 11.9 Å². The summed E-state index contributed by atoms with van der Waals surface area (Å²) < 4.78 is 38.8. The van der Waals surface area contributed by atoms with Crippen molar-refractivity contribution in [3.05, 3.63) is 41.7 Å². The predicted octanol–water partition coefficient (Wildman–Crippen LogP) is 5.03. The summed E-state index contributed by atoms with van der Waals surface area (Å²) >= 11 is 0. The van der Waals surface area contributed by atoms with Gasteiger partial charge in [0.25, 0.3) is 0 Å². The minimum absolute atomic E-state index is 0.0242. The van der Waals surface area contributed by atoms with E-state index in [1.54, 1.807) is 6.20 Å². The number of rotatable bonds is 4.